The van der Waals surface area contributed by atoms with Crippen LogP contribution in [0.4, 0.5) is 5.82 Å². The number of ether oxygens (including phenoxy) is 2. The van der Waals surface area contributed by atoms with Crippen molar-refractivity contribution in [3.63, 3.8) is 0 Å². The number of thiophene rings is 1. The molecular weight excluding hydrogens is 456 g/mol. The molecule has 4 aromatic rings. The normalized spacial score (nSPS) is 13.2. The lowest BCUT2D eigenvalue weighted by Crippen LogP contribution is -2.24. The molecule has 33 heavy (non-hydrogen) atoms. The third-order valence-corrected chi connectivity index (χ3v) is 7.22. The highest BCUT2D eigenvalue weighted by atomic mass is 32.2. The molecule has 0 fully saturated rings. The minimum absolute atomic E-state index is 0.390. The van der Waals surface area contributed by atoms with E-state index < -0.39 is 0 Å². The van der Waals surface area contributed by atoms with Gasteiger partial charge in [-0.2, -0.15) is 0 Å². The number of benzene rings is 1. The van der Waals surface area contributed by atoms with Gasteiger partial charge in [0.05, 0.1) is 0 Å². The highest BCUT2D eigenvalue weighted by Crippen LogP contribution is 2.45. The Bertz CT molecular complexity index is 1260. The Morgan fingerprint density at radius 2 is 2.03 bits per heavy atom. The molecule has 5 rings (SSSR count). The van der Waals surface area contributed by atoms with Crippen molar-refractivity contribution in [2.45, 2.75) is 42.9 Å². The summed E-state index contributed by atoms with van der Waals surface area (Å²) in [6, 6.07) is 8.73. The summed E-state index contributed by atoms with van der Waals surface area (Å²) in [4.78, 5) is 15.7. The Labute approximate surface area is 200 Å². The monoisotopic (exact) mass is 482 g/mol. The van der Waals surface area contributed by atoms with Crippen LogP contribution in [0.2, 0.25) is 0 Å². The van der Waals surface area contributed by atoms with Crippen LogP contribution >= 0.6 is 23.1 Å². The number of hydrogen-bond acceptors (Lipinski definition) is 9. The molecule has 0 aliphatic carbocycles. The van der Waals surface area contributed by atoms with Crippen molar-refractivity contribution in [3.05, 3.63) is 36.0 Å². The van der Waals surface area contributed by atoms with E-state index in [0.717, 1.165) is 57.1 Å². The van der Waals surface area contributed by atoms with Crippen LogP contribution in [0.5, 0.6) is 11.5 Å². The van der Waals surface area contributed by atoms with Gasteiger partial charge in [0.25, 0.3) is 0 Å². The van der Waals surface area contributed by atoms with Gasteiger partial charge < -0.3 is 25.1 Å². The molecule has 0 unspecified atom stereocenters. The molecule has 3 N–H and O–H groups in total. The van der Waals surface area contributed by atoms with Crippen molar-refractivity contribution in [2.24, 2.45) is 0 Å². The third kappa shape index (κ3) is 4.64. The average Bonchev–Trinajstić information content (AvgIpc) is 3.45. The maximum atomic E-state index is 6.14. The van der Waals surface area contributed by atoms with E-state index in [4.69, 9.17) is 20.2 Å². The second-order valence-electron chi connectivity index (χ2n) is 8.01. The molecule has 1 aromatic carbocycles. The van der Waals surface area contributed by atoms with Gasteiger partial charge in [0.1, 0.15) is 19.5 Å². The lowest BCUT2D eigenvalue weighted by Gasteiger charge is -2.21. The van der Waals surface area contributed by atoms with Crippen LogP contribution in [0.25, 0.3) is 21.6 Å². The number of aryl methyl sites for hydroxylation is 1. The molecule has 1 aliphatic heterocycles. The van der Waals surface area contributed by atoms with Crippen molar-refractivity contribution in [2.75, 3.05) is 25.5 Å². The van der Waals surface area contributed by atoms with E-state index in [2.05, 4.69) is 57.3 Å². The number of nitrogen functional groups attached to an aromatic ring is 1. The Hall–Kier alpha value is -2.82. The van der Waals surface area contributed by atoms with Crippen LogP contribution in [0, 0.1) is 0 Å². The number of imidazole rings is 1. The summed E-state index contributed by atoms with van der Waals surface area (Å²) in [5.41, 5.74) is 8.62. The molecule has 0 saturated heterocycles. The van der Waals surface area contributed by atoms with Gasteiger partial charge in [-0.1, -0.05) is 31.7 Å². The van der Waals surface area contributed by atoms with E-state index in [1.165, 1.54) is 6.33 Å². The quantitative estimate of drug-likeness (QED) is 0.355. The summed E-state index contributed by atoms with van der Waals surface area (Å²) in [6.45, 7) is 7.08. The van der Waals surface area contributed by atoms with E-state index in [9.17, 15) is 0 Å². The molecule has 10 heteroatoms. The summed E-state index contributed by atoms with van der Waals surface area (Å²) in [7, 11) is 0. The molecule has 8 nitrogen and oxygen atoms in total. The molecule has 3 aromatic heterocycles. The molecule has 0 radical (unpaired) electrons. The van der Waals surface area contributed by atoms with Crippen molar-refractivity contribution in [1.82, 2.24) is 24.8 Å². The van der Waals surface area contributed by atoms with Crippen molar-refractivity contribution in [1.29, 1.82) is 0 Å². The standard InChI is InChI=1S/C23H26N6O2S2/c1-14(2)25-6-4-7-29-22-20(21(24)26-13-27-22)28-23(29)33-19-12-17-16(30-8-9-31-17)11-15(19)18-5-3-10-32-18/h3,5,10-14,25H,4,6-9H2,1-2H3,(H2,24,26,27). The van der Waals surface area contributed by atoms with Crippen LogP contribution < -0.4 is 20.5 Å². The summed E-state index contributed by atoms with van der Waals surface area (Å²) in [6.07, 6.45) is 2.44. The molecule has 0 spiro atoms. The minimum atomic E-state index is 0.390. The fraction of sp³-hybridized carbons (Fsp3) is 0.348. The Morgan fingerprint density at radius 1 is 1.21 bits per heavy atom. The Balaban J connectivity index is 1.55. The molecule has 0 bridgehead atoms. The average molecular weight is 483 g/mol. The SMILES string of the molecule is CC(C)NCCCn1c(Sc2cc3c(cc2-c2cccs2)OCCO3)nc2c(N)ncnc21. The number of fused-ring (bicyclic) bond motifs is 2. The van der Waals surface area contributed by atoms with Crippen LogP contribution in [0.1, 0.15) is 20.3 Å². The maximum absolute atomic E-state index is 6.14. The number of rotatable bonds is 8. The van der Waals surface area contributed by atoms with E-state index >= 15 is 0 Å². The zero-order valence-electron chi connectivity index (χ0n) is 18.6. The largest absolute Gasteiger partial charge is 0.486 e. The summed E-state index contributed by atoms with van der Waals surface area (Å²) in [5.74, 6) is 1.92. The number of anilines is 1. The topological polar surface area (TPSA) is 100 Å². The Morgan fingerprint density at radius 3 is 2.79 bits per heavy atom. The second kappa shape index (κ2) is 9.58. The van der Waals surface area contributed by atoms with Gasteiger partial charge in [-0.3, -0.25) is 0 Å². The molecule has 0 atom stereocenters. The number of nitrogens with two attached hydrogens (primary N) is 1. The van der Waals surface area contributed by atoms with E-state index in [1.807, 2.05) is 6.07 Å². The fourth-order valence-electron chi connectivity index (χ4n) is 3.72. The first-order chi connectivity index (χ1) is 16.1. The minimum Gasteiger partial charge on any atom is -0.486 e. The van der Waals surface area contributed by atoms with Crippen LogP contribution in [0.3, 0.4) is 0 Å². The molecule has 4 heterocycles. The fourth-order valence-corrected chi connectivity index (χ4v) is 5.61. The first kappa shape index (κ1) is 22.0. The summed E-state index contributed by atoms with van der Waals surface area (Å²) in [5, 5.41) is 6.38. The highest BCUT2D eigenvalue weighted by Gasteiger charge is 2.21. The Kier molecular flexibility index (Phi) is 6.39. The maximum Gasteiger partial charge on any atom is 0.175 e. The summed E-state index contributed by atoms with van der Waals surface area (Å²) < 4.78 is 13.9. The molecule has 0 amide bonds. The van der Waals surface area contributed by atoms with E-state index in [0.29, 0.717) is 30.6 Å². The lowest BCUT2D eigenvalue weighted by atomic mass is 10.1. The van der Waals surface area contributed by atoms with Crippen molar-refractivity contribution >= 4 is 40.1 Å². The number of hydrogen-bond donors (Lipinski definition) is 2. The van der Waals surface area contributed by atoms with Gasteiger partial charge in [0.15, 0.2) is 33.6 Å². The molecule has 0 saturated carbocycles. The number of nitrogens with zero attached hydrogens (tertiary/aromatic N) is 4. The molecular formula is C23H26N6O2S2. The highest BCUT2D eigenvalue weighted by molar-refractivity contribution is 7.99. The van der Waals surface area contributed by atoms with Gasteiger partial charge in [-0.15, -0.1) is 11.3 Å². The van der Waals surface area contributed by atoms with Crippen molar-refractivity contribution < 1.29 is 9.47 Å². The van der Waals surface area contributed by atoms with Crippen LogP contribution in [0.15, 0.2) is 46.0 Å². The van der Waals surface area contributed by atoms with Crippen molar-refractivity contribution in [3.8, 4) is 21.9 Å². The van der Waals surface area contributed by atoms with E-state index in [1.54, 1.807) is 23.1 Å². The number of aromatic nitrogens is 4. The zero-order chi connectivity index (χ0) is 22.8. The smallest absolute Gasteiger partial charge is 0.175 e. The van der Waals surface area contributed by atoms with Crippen LogP contribution in [-0.2, 0) is 6.54 Å². The van der Waals surface area contributed by atoms with Gasteiger partial charge in [0.2, 0.25) is 0 Å². The van der Waals surface area contributed by atoms with Gasteiger partial charge in [-0.05, 0) is 36.5 Å². The van der Waals surface area contributed by atoms with Crippen LogP contribution in [-0.4, -0.2) is 45.3 Å². The van der Waals surface area contributed by atoms with E-state index in [-0.39, 0.29) is 0 Å². The predicted octanol–water partition coefficient (Wildman–Crippen LogP) is 4.45. The molecule has 172 valence electrons. The first-order valence-electron chi connectivity index (χ1n) is 11.0. The predicted molar refractivity (Wildman–Crippen MR) is 132 cm³/mol. The third-order valence-electron chi connectivity index (χ3n) is 5.27. The summed E-state index contributed by atoms with van der Waals surface area (Å²) >= 11 is 3.28. The zero-order valence-corrected chi connectivity index (χ0v) is 20.2. The second-order valence-corrected chi connectivity index (χ2v) is 9.97. The van der Waals surface area contributed by atoms with Gasteiger partial charge in [-0.25, -0.2) is 15.0 Å². The van der Waals surface area contributed by atoms with Gasteiger partial charge >= 0.3 is 0 Å². The lowest BCUT2D eigenvalue weighted by molar-refractivity contribution is 0.171. The number of nitrogens with one attached hydrogen (secondary N) is 1. The molecule has 1 aliphatic rings. The van der Waals surface area contributed by atoms with Gasteiger partial charge in [0, 0.05) is 27.9 Å². The first-order valence-corrected chi connectivity index (χ1v) is 12.6.